The van der Waals surface area contributed by atoms with Crippen LogP contribution in [0.1, 0.15) is 5.56 Å². The van der Waals surface area contributed by atoms with E-state index in [1.165, 1.54) is 11.6 Å². The lowest BCUT2D eigenvalue weighted by Crippen LogP contribution is -2.04. The van der Waals surface area contributed by atoms with E-state index in [1.54, 1.807) is 29.1 Å². The molecule has 0 aliphatic carbocycles. The number of aromatic nitrogens is 2. The van der Waals surface area contributed by atoms with Crippen LogP contribution >= 0.6 is 23.8 Å². The highest BCUT2D eigenvalue weighted by Crippen LogP contribution is 2.18. The van der Waals surface area contributed by atoms with E-state index in [2.05, 4.69) is 22.6 Å². The molecule has 0 spiro atoms. The van der Waals surface area contributed by atoms with Crippen molar-refractivity contribution in [2.45, 2.75) is 6.54 Å². The van der Waals surface area contributed by atoms with Crippen LogP contribution in [0.4, 0.5) is 10.2 Å². The third-order valence-corrected chi connectivity index (χ3v) is 2.62. The maximum absolute atomic E-state index is 13.6. The Kier molecular flexibility index (Phi) is 3.71. The first-order valence-corrected chi connectivity index (χ1v) is 5.72. The summed E-state index contributed by atoms with van der Waals surface area (Å²) >= 11 is 10.3. The van der Waals surface area contributed by atoms with Gasteiger partial charge in [-0.2, -0.15) is 5.10 Å². The average Bonchev–Trinajstić information content (AvgIpc) is 2.73. The van der Waals surface area contributed by atoms with Crippen LogP contribution in [0.5, 0.6) is 0 Å². The molecule has 0 fully saturated rings. The van der Waals surface area contributed by atoms with Crippen molar-refractivity contribution >= 4 is 35.1 Å². The molecule has 0 aliphatic rings. The van der Waals surface area contributed by atoms with Gasteiger partial charge in [0.2, 0.25) is 0 Å². The van der Waals surface area contributed by atoms with Gasteiger partial charge in [-0.3, -0.25) is 4.68 Å². The number of benzene rings is 1. The number of nitrogens with one attached hydrogen (secondary N) is 1. The molecule has 0 saturated heterocycles. The largest absolute Gasteiger partial charge is 0.336 e. The highest BCUT2D eigenvalue weighted by molar-refractivity contribution is 7.79. The Bertz CT molecular complexity index is 541. The van der Waals surface area contributed by atoms with Crippen LogP contribution in [0, 0.1) is 5.82 Å². The van der Waals surface area contributed by atoms with Crippen molar-refractivity contribution in [2.24, 2.45) is 0 Å². The number of thiocarbonyl (C=S) groups is 1. The molecule has 0 radical (unpaired) electrons. The third-order valence-electron chi connectivity index (χ3n) is 2.21. The molecule has 3 nitrogen and oxygen atoms in total. The Morgan fingerprint density at radius 2 is 2.29 bits per heavy atom. The molecule has 0 amide bonds. The van der Waals surface area contributed by atoms with Gasteiger partial charge in [-0.15, -0.1) is 0 Å². The number of hydrogen-bond acceptors (Lipinski definition) is 2. The quantitative estimate of drug-likeness (QED) is 0.865. The standard InChI is InChI=1S/C11H9ClFN3S/c12-9-3-1-2-8(11(9)13)6-16-5-4-10(15-16)14-7-17/h1-5,7H,6H2,(H,14,15,17). The molecule has 88 valence electrons. The number of anilines is 1. The summed E-state index contributed by atoms with van der Waals surface area (Å²) in [6.07, 6.45) is 1.74. The second kappa shape index (κ2) is 5.25. The highest BCUT2D eigenvalue weighted by Gasteiger charge is 2.07. The smallest absolute Gasteiger partial charge is 0.152 e. The summed E-state index contributed by atoms with van der Waals surface area (Å²) in [5, 5.41) is 7.06. The van der Waals surface area contributed by atoms with Gasteiger partial charge in [0.1, 0.15) is 5.82 Å². The van der Waals surface area contributed by atoms with Crippen molar-refractivity contribution in [1.29, 1.82) is 0 Å². The van der Waals surface area contributed by atoms with Gasteiger partial charge in [0.15, 0.2) is 5.82 Å². The Balaban J connectivity index is 2.19. The fourth-order valence-corrected chi connectivity index (χ4v) is 1.75. The van der Waals surface area contributed by atoms with Crippen LogP contribution in [-0.2, 0) is 6.54 Å². The van der Waals surface area contributed by atoms with Gasteiger partial charge in [-0.1, -0.05) is 36.0 Å². The van der Waals surface area contributed by atoms with E-state index in [0.29, 0.717) is 17.9 Å². The predicted octanol–water partition coefficient (Wildman–Crippen LogP) is 3.09. The second-order valence-corrected chi connectivity index (χ2v) is 4.02. The van der Waals surface area contributed by atoms with Crippen molar-refractivity contribution in [3.05, 3.63) is 46.9 Å². The van der Waals surface area contributed by atoms with Crippen LogP contribution < -0.4 is 5.32 Å². The summed E-state index contributed by atoms with van der Waals surface area (Å²) in [5.74, 6) is 0.219. The predicted molar refractivity (Wildman–Crippen MR) is 70.0 cm³/mol. The average molecular weight is 270 g/mol. The maximum Gasteiger partial charge on any atom is 0.152 e. The van der Waals surface area contributed by atoms with E-state index in [0.717, 1.165) is 0 Å². The van der Waals surface area contributed by atoms with Crippen LogP contribution in [0.15, 0.2) is 30.5 Å². The first-order chi connectivity index (χ1) is 8.20. The molecule has 1 aromatic carbocycles. The zero-order valence-corrected chi connectivity index (χ0v) is 10.3. The molecular formula is C11H9ClFN3S. The van der Waals surface area contributed by atoms with Crippen molar-refractivity contribution in [1.82, 2.24) is 9.78 Å². The number of nitrogens with zero attached hydrogens (tertiary/aromatic N) is 2. The molecular weight excluding hydrogens is 261 g/mol. The molecule has 1 aromatic heterocycles. The van der Waals surface area contributed by atoms with Gasteiger partial charge < -0.3 is 5.32 Å². The van der Waals surface area contributed by atoms with E-state index in [4.69, 9.17) is 11.6 Å². The minimum Gasteiger partial charge on any atom is -0.336 e. The third kappa shape index (κ3) is 2.81. The Morgan fingerprint density at radius 1 is 1.47 bits per heavy atom. The first kappa shape index (κ1) is 12.0. The molecule has 0 bridgehead atoms. The summed E-state index contributed by atoms with van der Waals surface area (Å²) in [6.45, 7) is 0.325. The van der Waals surface area contributed by atoms with E-state index in [9.17, 15) is 4.39 Å². The molecule has 0 saturated carbocycles. The van der Waals surface area contributed by atoms with Crippen molar-refractivity contribution in [3.8, 4) is 0 Å². The molecule has 2 aromatic rings. The number of rotatable bonds is 4. The highest BCUT2D eigenvalue weighted by atomic mass is 35.5. The summed E-state index contributed by atoms with van der Waals surface area (Å²) in [4.78, 5) is 0. The van der Waals surface area contributed by atoms with E-state index in [1.807, 2.05) is 0 Å². The fraction of sp³-hybridized carbons (Fsp3) is 0.0909. The van der Waals surface area contributed by atoms with Crippen LogP contribution in [0.25, 0.3) is 0 Å². The van der Waals surface area contributed by atoms with Crippen LogP contribution in [0.2, 0.25) is 5.02 Å². The van der Waals surface area contributed by atoms with Gasteiger partial charge in [-0.25, -0.2) is 4.39 Å². The van der Waals surface area contributed by atoms with Crippen LogP contribution in [0.3, 0.4) is 0 Å². The lowest BCUT2D eigenvalue weighted by Gasteiger charge is -2.04. The zero-order valence-electron chi connectivity index (χ0n) is 8.73. The maximum atomic E-state index is 13.6. The van der Waals surface area contributed by atoms with E-state index >= 15 is 0 Å². The van der Waals surface area contributed by atoms with Crippen molar-refractivity contribution < 1.29 is 4.39 Å². The summed E-state index contributed by atoms with van der Waals surface area (Å²) < 4.78 is 15.2. The molecule has 0 atom stereocenters. The summed E-state index contributed by atoms with van der Waals surface area (Å²) in [5.41, 5.74) is 1.86. The molecule has 2 rings (SSSR count). The molecule has 17 heavy (non-hydrogen) atoms. The van der Waals surface area contributed by atoms with Gasteiger partial charge >= 0.3 is 0 Å². The lowest BCUT2D eigenvalue weighted by atomic mass is 10.2. The normalized spacial score (nSPS) is 10.2. The van der Waals surface area contributed by atoms with E-state index in [-0.39, 0.29) is 5.02 Å². The molecule has 1 N–H and O–H groups in total. The molecule has 1 heterocycles. The van der Waals surface area contributed by atoms with Crippen molar-refractivity contribution in [2.75, 3.05) is 5.32 Å². The Hall–Kier alpha value is -1.46. The van der Waals surface area contributed by atoms with Gasteiger partial charge in [0.05, 0.1) is 17.1 Å². The SMILES string of the molecule is Fc1c(Cl)cccc1Cn1ccc(NC=S)n1. The molecule has 0 aliphatic heterocycles. The lowest BCUT2D eigenvalue weighted by molar-refractivity contribution is 0.586. The van der Waals surface area contributed by atoms with Gasteiger partial charge in [0.25, 0.3) is 0 Å². The summed E-state index contributed by atoms with van der Waals surface area (Å²) in [6, 6.07) is 6.66. The first-order valence-electron chi connectivity index (χ1n) is 4.87. The Labute approximate surface area is 108 Å². The minimum atomic E-state index is -0.408. The number of halogens is 2. The van der Waals surface area contributed by atoms with Crippen LogP contribution in [-0.4, -0.2) is 15.3 Å². The molecule has 0 unspecified atom stereocenters. The zero-order chi connectivity index (χ0) is 12.3. The minimum absolute atomic E-state index is 0.117. The second-order valence-electron chi connectivity index (χ2n) is 3.37. The molecule has 6 heteroatoms. The number of hydrogen-bond donors (Lipinski definition) is 1. The monoisotopic (exact) mass is 269 g/mol. The van der Waals surface area contributed by atoms with E-state index < -0.39 is 5.82 Å². The topological polar surface area (TPSA) is 29.9 Å². The summed E-state index contributed by atoms with van der Waals surface area (Å²) in [7, 11) is 0. The fourth-order valence-electron chi connectivity index (χ4n) is 1.43. The van der Waals surface area contributed by atoms with Crippen molar-refractivity contribution in [3.63, 3.8) is 0 Å². The van der Waals surface area contributed by atoms with Gasteiger partial charge in [0, 0.05) is 17.8 Å². The van der Waals surface area contributed by atoms with Gasteiger partial charge in [-0.05, 0) is 6.07 Å². The Morgan fingerprint density at radius 3 is 3.06 bits per heavy atom.